The van der Waals surface area contributed by atoms with E-state index in [9.17, 15) is 5.11 Å². The summed E-state index contributed by atoms with van der Waals surface area (Å²) in [4.78, 5) is 6.80. The van der Waals surface area contributed by atoms with Crippen molar-refractivity contribution in [2.75, 3.05) is 11.4 Å². The molecular formula is C15H16N2O. The van der Waals surface area contributed by atoms with Crippen molar-refractivity contribution in [2.45, 2.75) is 20.0 Å². The van der Waals surface area contributed by atoms with Crippen molar-refractivity contribution < 1.29 is 5.11 Å². The average molecular weight is 240 g/mol. The number of benzene rings is 1. The van der Waals surface area contributed by atoms with Crippen LogP contribution in [0.1, 0.15) is 16.8 Å². The summed E-state index contributed by atoms with van der Waals surface area (Å²) in [6.45, 7) is 2.98. The lowest BCUT2D eigenvalue weighted by molar-refractivity contribution is 0.281. The molecule has 2 aromatic rings. The van der Waals surface area contributed by atoms with Crippen LogP contribution in [0.2, 0.25) is 0 Å². The smallest absolute Gasteiger partial charge is 0.133 e. The van der Waals surface area contributed by atoms with Crippen LogP contribution in [0.25, 0.3) is 0 Å². The molecule has 0 saturated carbocycles. The summed E-state index contributed by atoms with van der Waals surface area (Å²) in [6, 6.07) is 12.3. The van der Waals surface area contributed by atoms with Gasteiger partial charge in [-0.2, -0.15) is 0 Å². The lowest BCUT2D eigenvalue weighted by atomic mass is 10.2. The molecule has 0 amide bonds. The summed E-state index contributed by atoms with van der Waals surface area (Å²) in [6.07, 6.45) is 1.06. The summed E-state index contributed by atoms with van der Waals surface area (Å²) >= 11 is 0. The number of para-hydroxylation sites is 1. The van der Waals surface area contributed by atoms with E-state index < -0.39 is 0 Å². The molecule has 0 radical (unpaired) electrons. The molecule has 0 fully saturated rings. The van der Waals surface area contributed by atoms with Crippen LogP contribution in [0.5, 0.6) is 0 Å². The number of aliphatic hydroxyl groups is 1. The van der Waals surface area contributed by atoms with E-state index >= 15 is 0 Å². The molecule has 1 aliphatic rings. The van der Waals surface area contributed by atoms with Gasteiger partial charge in [0.15, 0.2) is 0 Å². The Labute approximate surface area is 107 Å². The number of aromatic nitrogens is 1. The van der Waals surface area contributed by atoms with Gasteiger partial charge in [-0.25, -0.2) is 4.98 Å². The number of hydrogen-bond donors (Lipinski definition) is 1. The minimum absolute atomic E-state index is 0.0614. The molecule has 1 N–H and O–H groups in total. The largest absolute Gasteiger partial charge is 0.392 e. The first-order valence-corrected chi connectivity index (χ1v) is 6.22. The lowest BCUT2D eigenvalue weighted by Gasteiger charge is -2.19. The fraction of sp³-hybridized carbons (Fsp3) is 0.267. The third-order valence-electron chi connectivity index (χ3n) is 3.35. The Morgan fingerprint density at radius 2 is 2.11 bits per heavy atom. The maximum atomic E-state index is 9.28. The second kappa shape index (κ2) is 4.42. The molecular weight excluding hydrogens is 224 g/mol. The predicted octanol–water partition coefficient (Wildman–Crippen LogP) is 2.58. The Morgan fingerprint density at radius 1 is 1.28 bits per heavy atom. The third-order valence-corrected chi connectivity index (χ3v) is 3.35. The first-order chi connectivity index (χ1) is 8.78. The molecule has 0 bridgehead atoms. The zero-order valence-electron chi connectivity index (χ0n) is 10.4. The first-order valence-electron chi connectivity index (χ1n) is 6.22. The molecule has 1 aromatic heterocycles. The van der Waals surface area contributed by atoms with Crippen LogP contribution in [-0.4, -0.2) is 16.6 Å². The van der Waals surface area contributed by atoms with Crippen molar-refractivity contribution in [2.24, 2.45) is 0 Å². The number of aryl methyl sites for hydroxylation is 1. The molecule has 2 heterocycles. The molecule has 0 saturated heterocycles. The third kappa shape index (κ3) is 1.87. The Hall–Kier alpha value is -1.87. The van der Waals surface area contributed by atoms with E-state index in [0.717, 1.165) is 30.0 Å². The van der Waals surface area contributed by atoms with Crippen molar-refractivity contribution in [3.05, 3.63) is 53.2 Å². The second-order valence-electron chi connectivity index (χ2n) is 4.66. The van der Waals surface area contributed by atoms with Crippen LogP contribution in [-0.2, 0) is 13.0 Å². The Morgan fingerprint density at radius 3 is 2.94 bits per heavy atom. The number of pyridine rings is 1. The highest BCUT2D eigenvalue weighted by Crippen LogP contribution is 2.33. The van der Waals surface area contributed by atoms with Gasteiger partial charge < -0.3 is 10.0 Å². The van der Waals surface area contributed by atoms with Gasteiger partial charge in [0, 0.05) is 17.9 Å². The molecule has 92 valence electrons. The predicted molar refractivity (Wildman–Crippen MR) is 72.0 cm³/mol. The molecule has 1 aromatic carbocycles. The quantitative estimate of drug-likeness (QED) is 0.876. The zero-order valence-corrected chi connectivity index (χ0v) is 10.4. The van der Waals surface area contributed by atoms with Crippen LogP contribution >= 0.6 is 0 Å². The normalized spacial score (nSPS) is 13.8. The Bertz CT molecular complexity index is 580. The van der Waals surface area contributed by atoms with Crippen molar-refractivity contribution in [3.63, 3.8) is 0 Å². The average Bonchev–Trinajstić information content (AvgIpc) is 2.81. The number of rotatable bonds is 2. The number of fused-ring (bicyclic) bond motifs is 1. The van der Waals surface area contributed by atoms with E-state index in [1.165, 1.54) is 11.3 Å². The monoisotopic (exact) mass is 240 g/mol. The second-order valence-corrected chi connectivity index (χ2v) is 4.66. The Balaban J connectivity index is 2.04. The highest BCUT2D eigenvalue weighted by molar-refractivity contribution is 5.67. The molecule has 0 atom stereocenters. The molecule has 3 nitrogen and oxygen atoms in total. The van der Waals surface area contributed by atoms with E-state index in [1.807, 2.05) is 19.1 Å². The first kappa shape index (κ1) is 11.2. The van der Waals surface area contributed by atoms with Crippen LogP contribution < -0.4 is 4.90 Å². The van der Waals surface area contributed by atoms with Gasteiger partial charge in [-0.05, 0) is 42.7 Å². The lowest BCUT2D eigenvalue weighted by Crippen LogP contribution is -2.15. The molecule has 3 rings (SSSR count). The molecule has 0 aliphatic carbocycles. The van der Waals surface area contributed by atoms with E-state index in [0.29, 0.717) is 0 Å². The number of aliphatic hydroxyl groups excluding tert-OH is 1. The van der Waals surface area contributed by atoms with Crippen LogP contribution in [0.3, 0.4) is 0 Å². The molecule has 0 unspecified atom stereocenters. The fourth-order valence-corrected chi connectivity index (χ4v) is 2.53. The van der Waals surface area contributed by atoms with Crippen LogP contribution in [0.15, 0.2) is 36.4 Å². The Kier molecular flexibility index (Phi) is 2.76. The number of hydrogen-bond acceptors (Lipinski definition) is 3. The SMILES string of the molecule is Cc1cc(CO)cc(N2CCc3ccccc32)n1. The maximum absolute atomic E-state index is 9.28. The minimum atomic E-state index is 0.0614. The zero-order chi connectivity index (χ0) is 12.5. The standard InChI is InChI=1S/C15H16N2O/c1-11-8-12(10-18)9-15(16-11)17-7-6-13-4-2-3-5-14(13)17/h2-5,8-9,18H,6-7,10H2,1H3. The summed E-state index contributed by atoms with van der Waals surface area (Å²) in [7, 11) is 0. The number of anilines is 2. The van der Waals surface area contributed by atoms with E-state index in [4.69, 9.17) is 0 Å². The summed E-state index contributed by atoms with van der Waals surface area (Å²) in [5.74, 6) is 0.934. The van der Waals surface area contributed by atoms with Crippen LogP contribution in [0.4, 0.5) is 11.5 Å². The van der Waals surface area contributed by atoms with Crippen molar-refractivity contribution in [3.8, 4) is 0 Å². The summed E-state index contributed by atoms with van der Waals surface area (Å²) in [5.41, 5.74) is 4.47. The number of nitrogens with zero attached hydrogens (tertiary/aromatic N) is 2. The van der Waals surface area contributed by atoms with Gasteiger partial charge in [0.2, 0.25) is 0 Å². The van der Waals surface area contributed by atoms with Crippen molar-refractivity contribution in [1.29, 1.82) is 0 Å². The minimum Gasteiger partial charge on any atom is -0.392 e. The van der Waals surface area contributed by atoms with E-state index in [1.54, 1.807) is 0 Å². The van der Waals surface area contributed by atoms with Crippen molar-refractivity contribution in [1.82, 2.24) is 4.98 Å². The van der Waals surface area contributed by atoms with Gasteiger partial charge in [-0.15, -0.1) is 0 Å². The summed E-state index contributed by atoms with van der Waals surface area (Å²) < 4.78 is 0. The molecule has 3 heteroatoms. The van der Waals surface area contributed by atoms with Gasteiger partial charge in [0.25, 0.3) is 0 Å². The maximum Gasteiger partial charge on any atom is 0.133 e. The van der Waals surface area contributed by atoms with Gasteiger partial charge in [-0.1, -0.05) is 18.2 Å². The summed E-state index contributed by atoms with van der Waals surface area (Å²) in [5, 5.41) is 9.28. The van der Waals surface area contributed by atoms with Crippen LogP contribution in [0, 0.1) is 6.92 Å². The van der Waals surface area contributed by atoms with E-state index in [-0.39, 0.29) is 6.61 Å². The van der Waals surface area contributed by atoms with Gasteiger partial charge in [0.05, 0.1) is 6.61 Å². The van der Waals surface area contributed by atoms with E-state index in [2.05, 4.69) is 34.1 Å². The van der Waals surface area contributed by atoms with Gasteiger partial charge in [0.1, 0.15) is 5.82 Å². The fourth-order valence-electron chi connectivity index (χ4n) is 2.53. The highest BCUT2D eigenvalue weighted by atomic mass is 16.3. The molecule has 0 spiro atoms. The molecule has 18 heavy (non-hydrogen) atoms. The highest BCUT2D eigenvalue weighted by Gasteiger charge is 2.20. The van der Waals surface area contributed by atoms with Gasteiger partial charge >= 0.3 is 0 Å². The van der Waals surface area contributed by atoms with Gasteiger partial charge in [-0.3, -0.25) is 0 Å². The topological polar surface area (TPSA) is 36.4 Å². The van der Waals surface area contributed by atoms with Crippen molar-refractivity contribution >= 4 is 11.5 Å². The molecule has 1 aliphatic heterocycles.